The summed E-state index contributed by atoms with van der Waals surface area (Å²) in [5.74, 6) is -0.0453. The monoisotopic (exact) mass is 277 g/mol. The lowest BCUT2D eigenvalue weighted by Crippen LogP contribution is -2.14. The number of thiophene rings is 1. The van der Waals surface area contributed by atoms with Gasteiger partial charge in [-0.05, 0) is 54.1 Å². The van der Waals surface area contributed by atoms with Gasteiger partial charge >= 0.3 is 0 Å². The third-order valence-electron chi connectivity index (χ3n) is 3.32. The van der Waals surface area contributed by atoms with Gasteiger partial charge in [-0.15, -0.1) is 11.3 Å². The second-order valence-electron chi connectivity index (χ2n) is 4.50. The number of fused-ring (bicyclic) bond motifs is 1. The largest absolute Gasteiger partial charge is 0.325 e. The Balaban J connectivity index is 1.96. The maximum Gasteiger partial charge on any atom is 0.232 e. The van der Waals surface area contributed by atoms with Crippen molar-refractivity contribution in [2.75, 3.05) is 5.32 Å². The Kier molecular flexibility index (Phi) is 2.88. The van der Waals surface area contributed by atoms with Crippen LogP contribution in [0, 0.1) is 6.92 Å². The van der Waals surface area contributed by atoms with E-state index in [1.54, 1.807) is 17.4 Å². The molecule has 1 amide bonds. The van der Waals surface area contributed by atoms with Gasteiger partial charge in [-0.2, -0.15) is 0 Å². The minimum absolute atomic E-state index is 0.0695. The Hall–Kier alpha value is -1.32. The van der Waals surface area contributed by atoms with Crippen LogP contribution < -0.4 is 5.32 Å². The maximum absolute atomic E-state index is 12.0. The van der Waals surface area contributed by atoms with Crippen LogP contribution in [-0.2, 0) is 11.2 Å². The van der Waals surface area contributed by atoms with Crippen LogP contribution in [0.5, 0.6) is 0 Å². The summed E-state index contributed by atoms with van der Waals surface area (Å²) in [4.78, 5) is 13.3. The van der Waals surface area contributed by atoms with Crippen LogP contribution in [0.2, 0.25) is 5.02 Å². The fourth-order valence-electron chi connectivity index (χ4n) is 2.30. The fourth-order valence-corrected chi connectivity index (χ4v) is 3.43. The molecule has 0 saturated heterocycles. The molecule has 18 heavy (non-hydrogen) atoms. The van der Waals surface area contributed by atoms with Gasteiger partial charge in [0.2, 0.25) is 5.91 Å². The SMILES string of the molecule is Cc1ccsc1C[C@@H]1C(=O)Nc2ccc(Cl)cc21. The average molecular weight is 278 g/mol. The number of carbonyl (C=O) groups excluding carboxylic acids is 1. The first-order valence-electron chi connectivity index (χ1n) is 5.78. The molecular weight excluding hydrogens is 266 g/mol. The van der Waals surface area contributed by atoms with Crippen molar-refractivity contribution in [3.05, 3.63) is 50.7 Å². The van der Waals surface area contributed by atoms with Gasteiger partial charge in [0.1, 0.15) is 0 Å². The van der Waals surface area contributed by atoms with Crippen LogP contribution in [0.25, 0.3) is 0 Å². The van der Waals surface area contributed by atoms with Gasteiger partial charge in [0.05, 0.1) is 5.92 Å². The van der Waals surface area contributed by atoms with E-state index in [1.807, 2.05) is 12.1 Å². The number of amides is 1. The Bertz CT molecular complexity index is 620. The molecule has 0 aliphatic carbocycles. The molecule has 1 aliphatic heterocycles. The summed E-state index contributed by atoms with van der Waals surface area (Å²) in [7, 11) is 0. The van der Waals surface area contributed by atoms with Gasteiger partial charge < -0.3 is 5.32 Å². The molecule has 0 unspecified atom stereocenters. The number of hydrogen-bond donors (Lipinski definition) is 1. The number of nitrogens with one attached hydrogen (secondary N) is 1. The topological polar surface area (TPSA) is 29.1 Å². The smallest absolute Gasteiger partial charge is 0.232 e. The first-order valence-corrected chi connectivity index (χ1v) is 7.04. The summed E-state index contributed by atoms with van der Waals surface area (Å²) in [6.07, 6.45) is 0.753. The van der Waals surface area contributed by atoms with E-state index in [2.05, 4.69) is 23.7 Å². The van der Waals surface area contributed by atoms with Crippen molar-refractivity contribution in [2.24, 2.45) is 0 Å². The molecule has 1 aliphatic rings. The van der Waals surface area contributed by atoms with Crippen molar-refractivity contribution in [1.29, 1.82) is 0 Å². The molecule has 2 heterocycles. The van der Waals surface area contributed by atoms with E-state index < -0.39 is 0 Å². The first-order chi connectivity index (χ1) is 8.65. The van der Waals surface area contributed by atoms with Crippen LogP contribution in [0.15, 0.2) is 29.6 Å². The van der Waals surface area contributed by atoms with Gasteiger partial charge in [-0.25, -0.2) is 0 Å². The van der Waals surface area contributed by atoms with E-state index in [0.717, 1.165) is 17.7 Å². The van der Waals surface area contributed by atoms with E-state index in [9.17, 15) is 4.79 Å². The second-order valence-corrected chi connectivity index (χ2v) is 5.94. The zero-order chi connectivity index (χ0) is 12.7. The quantitative estimate of drug-likeness (QED) is 0.884. The number of benzene rings is 1. The second kappa shape index (κ2) is 4.41. The Morgan fingerprint density at radius 2 is 2.22 bits per heavy atom. The van der Waals surface area contributed by atoms with Gasteiger partial charge in [-0.1, -0.05) is 11.6 Å². The molecule has 3 rings (SSSR count). The Morgan fingerprint density at radius 3 is 2.94 bits per heavy atom. The van der Waals surface area contributed by atoms with E-state index in [0.29, 0.717) is 5.02 Å². The summed E-state index contributed by atoms with van der Waals surface area (Å²) >= 11 is 7.72. The minimum atomic E-state index is -0.115. The van der Waals surface area contributed by atoms with Gasteiger partial charge in [0, 0.05) is 15.6 Å². The van der Waals surface area contributed by atoms with Gasteiger partial charge in [-0.3, -0.25) is 4.79 Å². The van der Waals surface area contributed by atoms with E-state index in [1.165, 1.54) is 10.4 Å². The third-order valence-corrected chi connectivity index (χ3v) is 4.60. The molecule has 4 heteroatoms. The van der Waals surface area contributed by atoms with Crippen molar-refractivity contribution in [3.8, 4) is 0 Å². The van der Waals surface area contributed by atoms with Crippen LogP contribution in [0.4, 0.5) is 5.69 Å². The van der Waals surface area contributed by atoms with Crippen molar-refractivity contribution >= 4 is 34.5 Å². The molecule has 2 nitrogen and oxygen atoms in total. The third kappa shape index (κ3) is 1.93. The standard InChI is InChI=1S/C14H12ClNOS/c1-8-4-5-18-13(8)7-11-10-6-9(15)2-3-12(10)16-14(11)17/h2-6,11H,7H2,1H3,(H,16,17)/t11-/m0/s1. The molecule has 1 aromatic heterocycles. The Morgan fingerprint density at radius 1 is 1.39 bits per heavy atom. The summed E-state index contributed by atoms with van der Waals surface area (Å²) in [6.45, 7) is 2.08. The molecule has 0 bridgehead atoms. The highest BCUT2D eigenvalue weighted by Gasteiger charge is 2.31. The summed E-state index contributed by atoms with van der Waals surface area (Å²) in [6, 6.07) is 7.66. The van der Waals surface area contributed by atoms with Crippen molar-refractivity contribution in [1.82, 2.24) is 0 Å². The summed E-state index contributed by atoms with van der Waals surface area (Å²) in [5, 5.41) is 5.66. The fraction of sp³-hybridized carbons (Fsp3) is 0.214. The molecule has 1 aromatic carbocycles. The predicted octanol–water partition coefficient (Wildman–Crippen LogP) is 3.99. The molecule has 2 aromatic rings. The minimum Gasteiger partial charge on any atom is -0.325 e. The first kappa shape index (κ1) is 11.8. The van der Waals surface area contributed by atoms with E-state index in [-0.39, 0.29) is 11.8 Å². The van der Waals surface area contributed by atoms with Crippen LogP contribution >= 0.6 is 22.9 Å². The van der Waals surface area contributed by atoms with Crippen molar-refractivity contribution < 1.29 is 4.79 Å². The molecule has 1 atom stereocenters. The Labute approximate surface area is 115 Å². The lowest BCUT2D eigenvalue weighted by molar-refractivity contribution is -0.117. The molecule has 0 spiro atoms. The number of hydrogen-bond acceptors (Lipinski definition) is 2. The lowest BCUT2D eigenvalue weighted by atomic mass is 9.95. The van der Waals surface area contributed by atoms with Gasteiger partial charge in [0.15, 0.2) is 0 Å². The molecule has 1 N–H and O–H groups in total. The number of aryl methyl sites for hydroxylation is 1. The van der Waals surface area contributed by atoms with Gasteiger partial charge in [0.25, 0.3) is 0 Å². The van der Waals surface area contributed by atoms with E-state index >= 15 is 0 Å². The highest BCUT2D eigenvalue weighted by atomic mass is 35.5. The number of rotatable bonds is 2. The van der Waals surface area contributed by atoms with E-state index in [4.69, 9.17) is 11.6 Å². The maximum atomic E-state index is 12.0. The number of anilines is 1. The van der Waals surface area contributed by atoms with Crippen molar-refractivity contribution in [3.63, 3.8) is 0 Å². The highest BCUT2D eigenvalue weighted by Crippen LogP contribution is 2.37. The van der Waals surface area contributed by atoms with Crippen molar-refractivity contribution in [2.45, 2.75) is 19.3 Å². The zero-order valence-electron chi connectivity index (χ0n) is 9.87. The van der Waals surface area contributed by atoms with Crippen LogP contribution in [-0.4, -0.2) is 5.91 Å². The molecule has 0 saturated carbocycles. The number of carbonyl (C=O) groups is 1. The predicted molar refractivity (Wildman–Crippen MR) is 75.6 cm³/mol. The van der Waals surface area contributed by atoms with Crippen LogP contribution in [0.1, 0.15) is 21.9 Å². The molecule has 0 fully saturated rings. The lowest BCUT2D eigenvalue weighted by Gasteiger charge is -2.08. The zero-order valence-corrected chi connectivity index (χ0v) is 11.4. The normalized spacial score (nSPS) is 17.7. The highest BCUT2D eigenvalue weighted by molar-refractivity contribution is 7.10. The van der Waals surface area contributed by atoms with Crippen LogP contribution in [0.3, 0.4) is 0 Å². The average Bonchev–Trinajstić information content (AvgIpc) is 2.86. The summed E-state index contributed by atoms with van der Waals surface area (Å²) < 4.78 is 0. The summed E-state index contributed by atoms with van der Waals surface area (Å²) in [5.41, 5.74) is 3.16. The number of halogens is 1. The molecule has 92 valence electrons. The molecular formula is C14H12ClNOS. The molecule has 0 radical (unpaired) electrons.